The van der Waals surface area contributed by atoms with Crippen molar-refractivity contribution >= 4 is 45.9 Å². The van der Waals surface area contributed by atoms with E-state index >= 15 is 0 Å². The molecule has 2 amide bonds. The average molecular weight is 556 g/mol. The Morgan fingerprint density at radius 1 is 0.744 bits per heavy atom. The highest BCUT2D eigenvalue weighted by Crippen LogP contribution is 2.34. The summed E-state index contributed by atoms with van der Waals surface area (Å²) < 4.78 is 0. The first kappa shape index (κ1) is 26.5. The molecule has 5 rings (SSSR count). The van der Waals surface area contributed by atoms with Crippen LogP contribution in [0.1, 0.15) is 45.4 Å². The molecule has 0 aliphatic heterocycles. The van der Waals surface area contributed by atoms with E-state index in [0.717, 1.165) is 27.6 Å². The molecule has 0 saturated heterocycles. The van der Waals surface area contributed by atoms with Crippen molar-refractivity contribution in [3.05, 3.63) is 142 Å². The summed E-state index contributed by atoms with van der Waals surface area (Å²) in [5, 5.41) is 8.15. The monoisotopic (exact) mass is 555 g/mol. The number of fused-ring (bicyclic) bond motifs is 1. The highest BCUT2D eigenvalue weighted by molar-refractivity contribution is 6.33. The molecule has 1 heterocycles. The van der Waals surface area contributed by atoms with Gasteiger partial charge in [-0.15, -0.1) is 0 Å². The van der Waals surface area contributed by atoms with E-state index in [4.69, 9.17) is 23.2 Å². The third-order valence-electron chi connectivity index (χ3n) is 6.80. The summed E-state index contributed by atoms with van der Waals surface area (Å²) in [6, 6.07) is 31.5. The number of amides is 2. The SMILES string of the molecule is O=C(C[C@@H](NC(=O)c1ccccc1Cl)c1ccccc1)NC[C@H](c1ccccc1Cl)c1c[nH]c2ccccc12. The van der Waals surface area contributed by atoms with Gasteiger partial charge in [0.25, 0.3) is 5.91 Å². The number of carbonyl (C=O) groups excluding carboxylic acids is 2. The quantitative estimate of drug-likeness (QED) is 0.179. The molecule has 1 aromatic heterocycles. The second-order valence-electron chi connectivity index (χ2n) is 9.29. The summed E-state index contributed by atoms with van der Waals surface area (Å²) in [5.41, 5.74) is 4.18. The second-order valence-corrected chi connectivity index (χ2v) is 10.1. The van der Waals surface area contributed by atoms with Crippen molar-refractivity contribution in [1.82, 2.24) is 15.6 Å². The Balaban J connectivity index is 1.37. The molecular weight excluding hydrogens is 529 g/mol. The summed E-state index contributed by atoms with van der Waals surface area (Å²) in [5.74, 6) is -0.707. The number of aromatic amines is 1. The van der Waals surface area contributed by atoms with Crippen LogP contribution in [0.25, 0.3) is 10.9 Å². The van der Waals surface area contributed by atoms with Gasteiger partial charge in [0.05, 0.1) is 23.0 Å². The van der Waals surface area contributed by atoms with E-state index in [9.17, 15) is 9.59 Å². The first-order valence-corrected chi connectivity index (χ1v) is 13.4. The van der Waals surface area contributed by atoms with Crippen molar-refractivity contribution in [2.45, 2.75) is 18.4 Å². The Morgan fingerprint density at radius 2 is 1.41 bits per heavy atom. The molecule has 0 aliphatic rings. The predicted octanol–water partition coefficient (Wildman–Crippen LogP) is 7.28. The summed E-state index contributed by atoms with van der Waals surface area (Å²) in [6.07, 6.45) is 2.03. The van der Waals surface area contributed by atoms with E-state index in [1.54, 1.807) is 24.3 Å². The van der Waals surface area contributed by atoms with Gasteiger partial charge in [-0.3, -0.25) is 9.59 Å². The molecule has 0 bridgehead atoms. The number of benzene rings is 4. The van der Waals surface area contributed by atoms with E-state index in [1.165, 1.54) is 0 Å². The van der Waals surface area contributed by atoms with E-state index in [1.807, 2.05) is 79.0 Å². The second kappa shape index (κ2) is 12.2. The van der Waals surface area contributed by atoms with Gasteiger partial charge in [-0.25, -0.2) is 0 Å². The highest BCUT2D eigenvalue weighted by Gasteiger charge is 2.24. The van der Waals surface area contributed by atoms with Gasteiger partial charge in [-0.2, -0.15) is 0 Å². The number of H-pyrrole nitrogens is 1. The zero-order valence-electron chi connectivity index (χ0n) is 21.0. The molecule has 4 aromatic carbocycles. The van der Waals surface area contributed by atoms with Crippen LogP contribution in [0.15, 0.2) is 109 Å². The lowest BCUT2D eigenvalue weighted by atomic mass is 9.90. The molecule has 0 fully saturated rings. The predicted molar refractivity (Wildman–Crippen MR) is 157 cm³/mol. The van der Waals surface area contributed by atoms with Crippen molar-refractivity contribution in [2.75, 3.05) is 6.54 Å². The van der Waals surface area contributed by atoms with Crippen LogP contribution in [0.3, 0.4) is 0 Å². The molecule has 5 nitrogen and oxygen atoms in total. The molecule has 2 atom stereocenters. The van der Waals surface area contributed by atoms with E-state index in [0.29, 0.717) is 22.2 Å². The van der Waals surface area contributed by atoms with Gasteiger partial charge in [-0.05, 0) is 41.0 Å². The summed E-state index contributed by atoms with van der Waals surface area (Å²) in [7, 11) is 0. The molecule has 0 unspecified atom stereocenters. The Labute approximate surface area is 237 Å². The number of para-hydroxylation sites is 1. The molecule has 3 N–H and O–H groups in total. The van der Waals surface area contributed by atoms with Gasteiger partial charge >= 0.3 is 0 Å². The zero-order valence-corrected chi connectivity index (χ0v) is 22.5. The molecule has 39 heavy (non-hydrogen) atoms. The average Bonchev–Trinajstić information content (AvgIpc) is 3.38. The minimum atomic E-state index is -0.540. The minimum absolute atomic E-state index is 0.0589. The fourth-order valence-corrected chi connectivity index (χ4v) is 5.31. The Bertz CT molecular complexity index is 1600. The van der Waals surface area contributed by atoms with Crippen LogP contribution in [0.4, 0.5) is 0 Å². The highest BCUT2D eigenvalue weighted by atomic mass is 35.5. The van der Waals surface area contributed by atoms with Crippen LogP contribution < -0.4 is 10.6 Å². The van der Waals surface area contributed by atoms with Crippen molar-refractivity contribution in [1.29, 1.82) is 0 Å². The molecule has 196 valence electrons. The van der Waals surface area contributed by atoms with Crippen LogP contribution in [-0.4, -0.2) is 23.3 Å². The molecule has 0 spiro atoms. The van der Waals surface area contributed by atoms with Crippen LogP contribution in [0.2, 0.25) is 10.0 Å². The molecule has 5 aromatic rings. The molecule has 0 aliphatic carbocycles. The molecule has 0 saturated carbocycles. The standard InChI is InChI=1S/C32H27Cl2N3O2/c33-27-15-7-4-12-22(27)25(26-19-35-29-17-9-6-13-23(26)29)20-36-31(38)18-30(21-10-2-1-3-11-21)37-32(39)24-14-5-8-16-28(24)34/h1-17,19,25,30,35H,18,20H2,(H,36,38)(H,37,39)/t25-,30-/m1/s1. The maximum atomic E-state index is 13.3. The number of hydrogen-bond donors (Lipinski definition) is 3. The topological polar surface area (TPSA) is 74.0 Å². The number of halogens is 2. The summed E-state index contributed by atoms with van der Waals surface area (Å²) in [6.45, 7) is 0.338. The lowest BCUT2D eigenvalue weighted by Gasteiger charge is -2.22. The van der Waals surface area contributed by atoms with Crippen molar-refractivity contribution in [2.24, 2.45) is 0 Å². The largest absolute Gasteiger partial charge is 0.361 e. The summed E-state index contributed by atoms with van der Waals surface area (Å²) >= 11 is 12.9. The third-order valence-corrected chi connectivity index (χ3v) is 7.47. The van der Waals surface area contributed by atoms with Gasteiger partial charge < -0.3 is 15.6 Å². The Hall–Kier alpha value is -4.06. The lowest BCUT2D eigenvalue weighted by Crippen LogP contribution is -2.35. The number of hydrogen-bond acceptors (Lipinski definition) is 2. The van der Waals surface area contributed by atoms with Crippen LogP contribution >= 0.6 is 23.2 Å². The van der Waals surface area contributed by atoms with Crippen molar-refractivity contribution in [3.8, 4) is 0 Å². The molecule has 0 radical (unpaired) electrons. The number of carbonyl (C=O) groups is 2. The lowest BCUT2D eigenvalue weighted by molar-refractivity contribution is -0.121. The van der Waals surface area contributed by atoms with E-state index in [-0.39, 0.29) is 24.2 Å². The van der Waals surface area contributed by atoms with Crippen molar-refractivity contribution in [3.63, 3.8) is 0 Å². The van der Waals surface area contributed by atoms with Crippen LogP contribution in [-0.2, 0) is 4.79 Å². The van der Waals surface area contributed by atoms with Gasteiger partial charge in [-0.1, -0.05) is 102 Å². The minimum Gasteiger partial charge on any atom is -0.361 e. The first-order chi connectivity index (χ1) is 19.0. The van der Waals surface area contributed by atoms with Gasteiger partial charge in [0.15, 0.2) is 0 Å². The van der Waals surface area contributed by atoms with E-state index < -0.39 is 6.04 Å². The Morgan fingerprint density at radius 3 is 2.18 bits per heavy atom. The normalized spacial score (nSPS) is 12.6. The van der Waals surface area contributed by atoms with Gasteiger partial charge in [0, 0.05) is 34.6 Å². The van der Waals surface area contributed by atoms with Crippen LogP contribution in [0, 0.1) is 0 Å². The van der Waals surface area contributed by atoms with E-state index in [2.05, 4.69) is 21.7 Å². The fraction of sp³-hybridized carbons (Fsp3) is 0.125. The smallest absolute Gasteiger partial charge is 0.253 e. The van der Waals surface area contributed by atoms with Gasteiger partial charge in [0.1, 0.15) is 0 Å². The fourth-order valence-electron chi connectivity index (χ4n) is 4.82. The zero-order chi connectivity index (χ0) is 27.2. The number of aromatic nitrogens is 1. The molecule has 7 heteroatoms. The third kappa shape index (κ3) is 6.17. The molecular formula is C32H27Cl2N3O2. The maximum Gasteiger partial charge on any atom is 0.253 e. The van der Waals surface area contributed by atoms with Crippen LogP contribution in [0.5, 0.6) is 0 Å². The van der Waals surface area contributed by atoms with Gasteiger partial charge in [0.2, 0.25) is 5.91 Å². The Kier molecular flexibility index (Phi) is 8.30. The maximum absolute atomic E-state index is 13.3. The van der Waals surface area contributed by atoms with Crippen molar-refractivity contribution < 1.29 is 9.59 Å². The first-order valence-electron chi connectivity index (χ1n) is 12.7. The summed E-state index contributed by atoms with van der Waals surface area (Å²) in [4.78, 5) is 29.7. The number of rotatable bonds is 9. The number of nitrogens with one attached hydrogen (secondary N) is 3.